The van der Waals surface area contributed by atoms with Crippen LogP contribution in [0.25, 0.3) is 10.2 Å². The molecule has 1 fully saturated rings. The number of anilines is 1. The Bertz CT molecular complexity index is 1230. The van der Waals surface area contributed by atoms with Gasteiger partial charge >= 0.3 is 0 Å². The van der Waals surface area contributed by atoms with Crippen molar-refractivity contribution in [2.45, 2.75) is 37.0 Å². The van der Waals surface area contributed by atoms with E-state index < -0.39 is 16.3 Å². The molecule has 3 heterocycles. The summed E-state index contributed by atoms with van der Waals surface area (Å²) >= 11 is 1.31. The Hall–Kier alpha value is -2.53. The number of hydrogen-bond donors (Lipinski definition) is 5. The summed E-state index contributed by atoms with van der Waals surface area (Å²) in [5, 5.41) is 15.7. The highest BCUT2D eigenvalue weighted by molar-refractivity contribution is 8.23. The largest absolute Gasteiger partial charge is 0.505 e. The van der Waals surface area contributed by atoms with Crippen molar-refractivity contribution >= 4 is 43.9 Å². The Labute approximate surface area is 184 Å². The van der Waals surface area contributed by atoms with E-state index in [1.807, 2.05) is 5.38 Å². The summed E-state index contributed by atoms with van der Waals surface area (Å²) in [4.78, 5) is 13.7. The molecule has 8 nitrogen and oxygen atoms in total. The van der Waals surface area contributed by atoms with Crippen LogP contribution in [0.15, 0.2) is 49.8 Å². The van der Waals surface area contributed by atoms with E-state index in [2.05, 4.69) is 15.1 Å². The van der Waals surface area contributed by atoms with E-state index >= 15 is 0 Å². The fourth-order valence-electron chi connectivity index (χ4n) is 4.32. The highest BCUT2D eigenvalue weighted by atomic mass is 32.3. The van der Waals surface area contributed by atoms with Crippen LogP contribution in [0.1, 0.15) is 37.7 Å². The summed E-state index contributed by atoms with van der Waals surface area (Å²) in [6.45, 7) is 0.660. The summed E-state index contributed by atoms with van der Waals surface area (Å²) in [5.41, 5.74) is 3.73. The first kappa shape index (κ1) is 20.4. The van der Waals surface area contributed by atoms with Gasteiger partial charge in [-0.25, -0.2) is 4.68 Å². The Kier molecular flexibility index (Phi) is 5.17. The van der Waals surface area contributed by atoms with Gasteiger partial charge in [-0.15, -0.1) is 15.7 Å². The van der Waals surface area contributed by atoms with Crippen molar-refractivity contribution in [2.75, 3.05) is 17.3 Å². The number of nitrogens with one attached hydrogen (secondary N) is 2. The van der Waals surface area contributed by atoms with Gasteiger partial charge in [-0.3, -0.25) is 13.9 Å². The molecule has 2 aromatic heterocycles. The molecule has 10 heteroatoms. The molecule has 0 atom stereocenters. The lowest BCUT2D eigenvalue weighted by Gasteiger charge is -2.34. The van der Waals surface area contributed by atoms with Gasteiger partial charge in [-0.1, -0.05) is 42.2 Å². The highest BCUT2D eigenvalue weighted by Gasteiger charge is 2.30. The van der Waals surface area contributed by atoms with E-state index in [4.69, 9.17) is 0 Å². The highest BCUT2D eigenvalue weighted by Crippen LogP contribution is 2.55. The lowest BCUT2D eigenvalue weighted by Crippen LogP contribution is -2.37. The number of pyridine rings is 1. The van der Waals surface area contributed by atoms with Crippen LogP contribution in [0, 0.1) is 5.92 Å². The number of para-hydroxylation sites is 1. The molecule has 0 saturated heterocycles. The Morgan fingerprint density at radius 1 is 1.19 bits per heavy atom. The molecule has 0 bridgehead atoms. The molecule has 3 aromatic rings. The monoisotopic (exact) mass is 460 g/mol. The SMILES string of the molecule is O=c1c(C2=NS(O)(O)c3ccccc3N2)c(O)c2sccc2n1NCC1CCCCC1. The zero-order valence-electron chi connectivity index (χ0n) is 16.7. The lowest BCUT2D eigenvalue weighted by molar-refractivity contribution is 0.366. The molecule has 0 spiro atoms. The molecule has 5 rings (SSSR count). The van der Waals surface area contributed by atoms with Crippen LogP contribution in [0.2, 0.25) is 0 Å². The zero-order chi connectivity index (χ0) is 21.6. The van der Waals surface area contributed by atoms with E-state index in [0.717, 1.165) is 12.8 Å². The van der Waals surface area contributed by atoms with Crippen molar-refractivity contribution in [3.8, 4) is 5.75 Å². The van der Waals surface area contributed by atoms with Crippen LogP contribution in [-0.2, 0) is 0 Å². The number of thiophene rings is 1. The number of amidine groups is 1. The van der Waals surface area contributed by atoms with E-state index in [-0.39, 0.29) is 22.0 Å². The molecular weight excluding hydrogens is 436 g/mol. The third kappa shape index (κ3) is 3.59. The van der Waals surface area contributed by atoms with E-state index in [9.17, 15) is 19.0 Å². The van der Waals surface area contributed by atoms with Crippen molar-refractivity contribution in [1.29, 1.82) is 0 Å². The van der Waals surface area contributed by atoms with Crippen LogP contribution < -0.4 is 16.3 Å². The number of hydrogen-bond acceptors (Lipinski definition) is 8. The van der Waals surface area contributed by atoms with Gasteiger partial charge in [0, 0.05) is 6.54 Å². The topological polar surface area (TPSA) is 119 Å². The predicted octanol–water partition coefficient (Wildman–Crippen LogP) is 4.79. The molecule has 5 N–H and O–H groups in total. The summed E-state index contributed by atoms with van der Waals surface area (Å²) in [5.74, 6) is 0.229. The van der Waals surface area contributed by atoms with Gasteiger partial charge in [0.15, 0.2) is 11.6 Å². The Morgan fingerprint density at radius 2 is 1.97 bits per heavy atom. The summed E-state index contributed by atoms with van der Waals surface area (Å²) in [6, 6.07) is 8.48. The molecule has 1 aliphatic heterocycles. The van der Waals surface area contributed by atoms with Gasteiger partial charge in [0.2, 0.25) is 0 Å². The minimum atomic E-state index is -3.51. The zero-order valence-corrected chi connectivity index (χ0v) is 18.4. The van der Waals surface area contributed by atoms with Gasteiger partial charge in [0.1, 0.15) is 10.5 Å². The molecule has 0 amide bonds. The van der Waals surface area contributed by atoms with Crippen LogP contribution in [0.4, 0.5) is 5.69 Å². The summed E-state index contributed by atoms with van der Waals surface area (Å²) in [6.07, 6.45) is 5.92. The van der Waals surface area contributed by atoms with Crippen molar-refractivity contribution in [1.82, 2.24) is 4.68 Å². The number of aromatic nitrogens is 1. The third-order valence-corrected chi connectivity index (χ3v) is 8.20. The van der Waals surface area contributed by atoms with Crippen molar-refractivity contribution in [3.63, 3.8) is 0 Å². The number of rotatable bonds is 4. The van der Waals surface area contributed by atoms with Gasteiger partial charge in [-0.05, 0) is 42.3 Å². The first-order chi connectivity index (χ1) is 15.0. The van der Waals surface area contributed by atoms with Crippen molar-refractivity contribution in [3.05, 3.63) is 51.6 Å². The van der Waals surface area contributed by atoms with E-state index in [1.165, 1.54) is 35.3 Å². The first-order valence-electron chi connectivity index (χ1n) is 10.3. The second-order valence-corrected chi connectivity index (χ2v) is 10.5. The van der Waals surface area contributed by atoms with Crippen LogP contribution in [0.3, 0.4) is 0 Å². The average Bonchev–Trinajstić information content (AvgIpc) is 3.24. The second-order valence-electron chi connectivity index (χ2n) is 7.95. The van der Waals surface area contributed by atoms with Crippen molar-refractivity contribution < 1.29 is 14.2 Å². The van der Waals surface area contributed by atoms with Crippen molar-refractivity contribution in [2.24, 2.45) is 10.3 Å². The molecule has 0 radical (unpaired) electrons. The lowest BCUT2D eigenvalue weighted by atomic mass is 9.89. The molecule has 1 aliphatic carbocycles. The first-order valence-corrected chi connectivity index (χ1v) is 12.7. The molecular formula is C21H24N4O4S2. The minimum absolute atomic E-state index is 0.0512. The van der Waals surface area contributed by atoms with Crippen LogP contribution >= 0.6 is 22.1 Å². The minimum Gasteiger partial charge on any atom is -0.505 e. The van der Waals surface area contributed by atoms with E-state index in [1.54, 1.807) is 30.3 Å². The number of benzene rings is 1. The number of nitrogens with zero attached hydrogens (tertiary/aromatic N) is 2. The quantitative estimate of drug-likeness (QED) is 0.382. The maximum atomic E-state index is 13.5. The van der Waals surface area contributed by atoms with Gasteiger partial charge in [0.05, 0.1) is 15.9 Å². The molecule has 2 aliphatic rings. The predicted molar refractivity (Wildman–Crippen MR) is 126 cm³/mol. The standard InChI is InChI=1S/C21H24N4O4S2/c26-18-17(20-23-14-8-4-5-9-16(14)31(28,29)24-20)21(27)25(15-10-11-30-19(15)18)22-12-13-6-2-1-3-7-13/h4-5,8-11,13,22,26,28-29H,1-3,6-7,12H2,(H,23,24). The number of aromatic hydroxyl groups is 1. The maximum Gasteiger partial charge on any atom is 0.284 e. The van der Waals surface area contributed by atoms with Gasteiger partial charge in [-0.2, -0.15) is 0 Å². The fourth-order valence-corrected chi connectivity index (χ4v) is 6.31. The summed E-state index contributed by atoms with van der Waals surface area (Å²) < 4.78 is 27.1. The normalized spacial score (nSPS) is 19.4. The second kappa shape index (κ2) is 7.86. The third-order valence-electron chi connectivity index (χ3n) is 5.91. The van der Waals surface area contributed by atoms with Crippen LogP contribution in [0.5, 0.6) is 5.75 Å². The fraction of sp³-hybridized carbons (Fsp3) is 0.333. The molecule has 164 valence electrons. The smallest absolute Gasteiger partial charge is 0.284 e. The summed E-state index contributed by atoms with van der Waals surface area (Å²) in [7, 11) is -3.51. The maximum absolute atomic E-state index is 13.5. The van der Waals surface area contributed by atoms with Crippen LogP contribution in [-0.4, -0.2) is 31.3 Å². The Balaban J connectivity index is 1.59. The molecule has 31 heavy (non-hydrogen) atoms. The number of fused-ring (bicyclic) bond motifs is 2. The van der Waals surface area contributed by atoms with Gasteiger partial charge < -0.3 is 15.8 Å². The van der Waals surface area contributed by atoms with Gasteiger partial charge in [0.25, 0.3) is 5.56 Å². The van der Waals surface area contributed by atoms with E-state index in [0.29, 0.717) is 28.4 Å². The Morgan fingerprint density at radius 3 is 2.77 bits per heavy atom. The molecule has 0 unspecified atom stereocenters. The molecule has 1 aromatic carbocycles. The average molecular weight is 461 g/mol. The molecule has 1 saturated carbocycles.